The van der Waals surface area contributed by atoms with Gasteiger partial charge < -0.3 is 14.2 Å². The highest BCUT2D eigenvalue weighted by Crippen LogP contribution is 2.40. The molecule has 2 heterocycles. The minimum absolute atomic E-state index is 0.285. The van der Waals surface area contributed by atoms with Crippen LogP contribution in [0.15, 0.2) is 24.5 Å². The summed E-state index contributed by atoms with van der Waals surface area (Å²) in [6, 6.07) is 3.64. The number of nitrogens with zero attached hydrogens (tertiary/aromatic N) is 2. The zero-order chi connectivity index (χ0) is 13.2. The van der Waals surface area contributed by atoms with E-state index in [-0.39, 0.29) is 6.10 Å². The molecule has 1 N–H and O–H groups in total. The van der Waals surface area contributed by atoms with Crippen molar-refractivity contribution >= 4 is 6.08 Å². The molecule has 0 radical (unpaired) electrons. The summed E-state index contributed by atoms with van der Waals surface area (Å²) in [4.78, 5) is 4.09. The van der Waals surface area contributed by atoms with Crippen molar-refractivity contribution < 1.29 is 14.2 Å². The Labute approximate surface area is 110 Å². The van der Waals surface area contributed by atoms with Crippen molar-refractivity contribution in [2.24, 2.45) is 0 Å². The number of nitrogens with one attached hydrogen (secondary N) is 1. The maximum Gasteiger partial charge on any atom is 0.176 e. The molecule has 1 aromatic heterocycles. The Kier molecular flexibility index (Phi) is 2.83. The molecule has 6 nitrogen and oxygen atoms in total. The van der Waals surface area contributed by atoms with Crippen LogP contribution in [0.25, 0.3) is 6.08 Å². The van der Waals surface area contributed by atoms with Crippen LogP contribution in [0, 0.1) is 0 Å². The van der Waals surface area contributed by atoms with Gasteiger partial charge in [-0.25, -0.2) is 4.98 Å². The Bertz CT molecular complexity index is 608. The van der Waals surface area contributed by atoms with Crippen LogP contribution in [-0.2, 0) is 0 Å². The molecule has 1 atom stereocenters. The van der Waals surface area contributed by atoms with E-state index < -0.39 is 0 Å². The summed E-state index contributed by atoms with van der Waals surface area (Å²) in [5.74, 6) is 2.74. The number of fused-ring (bicyclic) bond motifs is 1. The van der Waals surface area contributed by atoms with Gasteiger partial charge in [-0.2, -0.15) is 5.10 Å². The Balaban J connectivity index is 2.00. The van der Waals surface area contributed by atoms with Gasteiger partial charge in [-0.05, 0) is 12.2 Å². The first-order valence-electron chi connectivity index (χ1n) is 5.78. The molecule has 2 aromatic rings. The highest BCUT2D eigenvalue weighted by atomic mass is 16.5. The SMILES string of the molecule is COc1cc(OC)c2c(c1)OC(c1ncn[nH]1)C=C2. The van der Waals surface area contributed by atoms with E-state index in [0.717, 1.165) is 5.56 Å². The predicted molar refractivity (Wildman–Crippen MR) is 68.3 cm³/mol. The predicted octanol–water partition coefficient (Wildman–Crippen LogP) is 1.97. The van der Waals surface area contributed by atoms with Gasteiger partial charge in [-0.3, -0.25) is 5.10 Å². The van der Waals surface area contributed by atoms with E-state index in [1.807, 2.05) is 24.3 Å². The van der Waals surface area contributed by atoms with Crippen molar-refractivity contribution in [2.45, 2.75) is 6.10 Å². The maximum absolute atomic E-state index is 5.88. The third-order valence-electron chi connectivity index (χ3n) is 2.93. The van der Waals surface area contributed by atoms with Crippen LogP contribution in [0.1, 0.15) is 17.5 Å². The van der Waals surface area contributed by atoms with E-state index >= 15 is 0 Å². The molecule has 0 spiro atoms. The monoisotopic (exact) mass is 259 g/mol. The number of benzene rings is 1. The second kappa shape index (κ2) is 4.64. The van der Waals surface area contributed by atoms with Crippen molar-refractivity contribution in [1.29, 1.82) is 0 Å². The zero-order valence-corrected chi connectivity index (χ0v) is 10.6. The summed E-state index contributed by atoms with van der Waals surface area (Å²) >= 11 is 0. The molecule has 0 amide bonds. The molecule has 3 rings (SSSR count). The molecule has 0 saturated carbocycles. The quantitative estimate of drug-likeness (QED) is 0.912. The molecule has 0 aliphatic carbocycles. The fraction of sp³-hybridized carbons (Fsp3) is 0.231. The number of rotatable bonds is 3. The van der Waals surface area contributed by atoms with Gasteiger partial charge in [0.2, 0.25) is 0 Å². The normalized spacial score (nSPS) is 16.6. The fourth-order valence-electron chi connectivity index (χ4n) is 1.98. The van der Waals surface area contributed by atoms with E-state index in [1.165, 1.54) is 6.33 Å². The van der Waals surface area contributed by atoms with Crippen LogP contribution >= 0.6 is 0 Å². The third kappa shape index (κ3) is 2.01. The number of H-pyrrole nitrogens is 1. The number of aromatic amines is 1. The highest BCUT2D eigenvalue weighted by Gasteiger charge is 2.22. The molecule has 1 aliphatic heterocycles. The summed E-state index contributed by atoms with van der Waals surface area (Å²) < 4.78 is 16.4. The Morgan fingerprint density at radius 3 is 2.84 bits per heavy atom. The second-order valence-electron chi connectivity index (χ2n) is 4.01. The van der Waals surface area contributed by atoms with Crippen LogP contribution in [0.5, 0.6) is 17.2 Å². The van der Waals surface area contributed by atoms with E-state index in [1.54, 1.807) is 14.2 Å². The second-order valence-corrected chi connectivity index (χ2v) is 4.01. The molecule has 1 aliphatic rings. The van der Waals surface area contributed by atoms with Crippen molar-refractivity contribution in [3.05, 3.63) is 35.9 Å². The van der Waals surface area contributed by atoms with Crippen molar-refractivity contribution in [1.82, 2.24) is 15.2 Å². The first kappa shape index (κ1) is 11.6. The summed E-state index contributed by atoms with van der Waals surface area (Å²) in [5.41, 5.74) is 0.888. The number of aromatic nitrogens is 3. The first-order chi connectivity index (χ1) is 9.31. The average Bonchev–Trinajstić information content (AvgIpc) is 2.99. The molecule has 1 aromatic carbocycles. The molecular formula is C13H13N3O3. The van der Waals surface area contributed by atoms with Gasteiger partial charge in [0.1, 0.15) is 23.6 Å². The number of hydrogen-bond donors (Lipinski definition) is 1. The lowest BCUT2D eigenvalue weighted by atomic mass is 10.1. The lowest BCUT2D eigenvalue weighted by Gasteiger charge is -2.21. The van der Waals surface area contributed by atoms with Gasteiger partial charge >= 0.3 is 0 Å². The first-order valence-corrected chi connectivity index (χ1v) is 5.78. The van der Waals surface area contributed by atoms with Crippen LogP contribution in [0.4, 0.5) is 0 Å². The standard InChI is InChI=1S/C13H13N3O3/c1-17-8-5-11(18-2)9-3-4-10(19-12(9)6-8)13-14-7-15-16-13/h3-7,10H,1-2H3,(H,14,15,16). The Morgan fingerprint density at radius 2 is 2.16 bits per heavy atom. The minimum Gasteiger partial charge on any atom is -0.496 e. The van der Waals surface area contributed by atoms with Crippen LogP contribution < -0.4 is 14.2 Å². The van der Waals surface area contributed by atoms with E-state index in [2.05, 4.69) is 15.2 Å². The third-order valence-corrected chi connectivity index (χ3v) is 2.93. The van der Waals surface area contributed by atoms with Crippen molar-refractivity contribution in [3.63, 3.8) is 0 Å². The fourth-order valence-corrected chi connectivity index (χ4v) is 1.98. The van der Waals surface area contributed by atoms with Gasteiger partial charge in [0, 0.05) is 12.1 Å². The Hall–Kier alpha value is -2.50. The summed E-state index contributed by atoms with van der Waals surface area (Å²) in [6.45, 7) is 0. The van der Waals surface area contributed by atoms with Crippen LogP contribution in [-0.4, -0.2) is 29.4 Å². The smallest absolute Gasteiger partial charge is 0.176 e. The average molecular weight is 259 g/mol. The van der Waals surface area contributed by atoms with Gasteiger partial charge in [-0.15, -0.1) is 0 Å². The van der Waals surface area contributed by atoms with E-state index in [4.69, 9.17) is 14.2 Å². The van der Waals surface area contributed by atoms with Gasteiger partial charge in [0.25, 0.3) is 0 Å². The largest absolute Gasteiger partial charge is 0.496 e. The van der Waals surface area contributed by atoms with Gasteiger partial charge in [0.15, 0.2) is 11.9 Å². The summed E-state index contributed by atoms with van der Waals surface area (Å²) in [7, 11) is 3.22. The van der Waals surface area contributed by atoms with E-state index in [0.29, 0.717) is 23.1 Å². The number of ether oxygens (including phenoxy) is 3. The molecule has 19 heavy (non-hydrogen) atoms. The molecule has 0 fully saturated rings. The van der Waals surface area contributed by atoms with E-state index in [9.17, 15) is 0 Å². The lowest BCUT2D eigenvalue weighted by Crippen LogP contribution is -2.11. The molecule has 98 valence electrons. The molecule has 6 heteroatoms. The molecule has 1 unspecified atom stereocenters. The zero-order valence-electron chi connectivity index (χ0n) is 10.6. The van der Waals surface area contributed by atoms with Crippen LogP contribution in [0.3, 0.4) is 0 Å². The van der Waals surface area contributed by atoms with Gasteiger partial charge in [-0.1, -0.05) is 0 Å². The minimum atomic E-state index is -0.285. The Morgan fingerprint density at radius 1 is 1.26 bits per heavy atom. The topological polar surface area (TPSA) is 69.3 Å². The lowest BCUT2D eigenvalue weighted by molar-refractivity contribution is 0.238. The summed E-state index contributed by atoms with van der Waals surface area (Å²) in [6.07, 6.45) is 5.02. The number of hydrogen-bond acceptors (Lipinski definition) is 5. The highest BCUT2D eigenvalue weighted by molar-refractivity contribution is 5.68. The molecular weight excluding hydrogens is 246 g/mol. The van der Waals surface area contributed by atoms with Crippen LogP contribution in [0.2, 0.25) is 0 Å². The number of methoxy groups -OCH3 is 2. The molecule has 0 bridgehead atoms. The van der Waals surface area contributed by atoms with Crippen molar-refractivity contribution in [2.75, 3.05) is 14.2 Å². The van der Waals surface area contributed by atoms with Crippen molar-refractivity contribution in [3.8, 4) is 17.2 Å². The molecule has 0 saturated heterocycles. The maximum atomic E-state index is 5.88. The van der Waals surface area contributed by atoms with Gasteiger partial charge in [0.05, 0.1) is 19.8 Å². The summed E-state index contributed by atoms with van der Waals surface area (Å²) in [5, 5.41) is 6.62.